The molecule has 27 heavy (non-hydrogen) atoms. The number of hydrogen-bond donors (Lipinski definition) is 4. The standard InChI is InChI=1S/C22H22N4O/c23-21(24)18-8-3-5-15(11-18)14-27-20-10-2-1-6-17(13-20)16-7-4-9-19(12-16)22(25)26/h1-5,7-13H,6,14H2,(H3,23,24)(H3,25,26). The first kappa shape index (κ1) is 18.2. The fraction of sp³-hybridized carbons (Fsp3) is 0.0909. The summed E-state index contributed by atoms with van der Waals surface area (Å²) in [6.45, 7) is 0.387. The van der Waals surface area contributed by atoms with Crippen LogP contribution in [0.2, 0.25) is 0 Å². The lowest BCUT2D eigenvalue weighted by molar-refractivity contribution is 0.211. The molecule has 2 aromatic rings. The Balaban J connectivity index is 1.78. The zero-order chi connectivity index (χ0) is 19.2. The Kier molecular flexibility index (Phi) is 5.52. The van der Waals surface area contributed by atoms with E-state index in [4.69, 9.17) is 27.0 Å². The Morgan fingerprint density at radius 2 is 1.67 bits per heavy atom. The predicted molar refractivity (Wildman–Crippen MR) is 110 cm³/mol. The molecular weight excluding hydrogens is 336 g/mol. The highest BCUT2D eigenvalue weighted by atomic mass is 16.5. The number of hydrogen-bond acceptors (Lipinski definition) is 3. The molecule has 0 atom stereocenters. The molecule has 0 radical (unpaired) electrons. The van der Waals surface area contributed by atoms with Crippen molar-refractivity contribution in [3.63, 3.8) is 0 Å². The summed E-state index contributed by atoms with van der Waals surface area (Å²) >= 11 is 0. The monoisotopic (exact) mass is 358 g/mol. The van der Waals surface area contributed by atoms with Crippen LogP contribution in [0.5, 0.6) is 0 Å². The Morgan fingerprint density at radius 3 is 2.41 bits per heavy atom. The van der Waals surface area contributed by atoms with E-state index in [2.05, 4.69) is 6.08 Å². The van der Waals surface area contributed by atoms with Crippen LogP contribution in [0.3, 0.4) is 0 Å². The lowest BCUT2D eigenvalue weighted by Gasteiger charge is -2.11. The smallest absolute Gasteiger partial charge is 0.122 e. The van der Waals surface area contributed by atoms with Crippen molar-refractivity contribution in [2.24, 2.45) is 11.5 Å². The van der Waals surface area contributed by atoms with Crippen LogP contribution < -0.4 is 11.5 Å². The average molecular weight is 358 g/mol. The molecule has 0 bridgehead atoms. The largest absolute Gasteiger partial charge is 0.489 e. The first-order valence-electron chi connectivity index (χ1n) is 8.61. The van der Waals surface area contributed by atoms with Crippen LogP contribution in [0, 0.1) is 10.8 Å². The minimum Gasteiger partial charge on any atom is -0.489 e. The molecule has 0 fully saturated rings. The van der Waals surface area contributed by atoms with Gasteiger partial charge in [0.05, 0.1) is 0 Å². The van der Waals surface area contributed by atoms with Crippen molar-refractivity contribution in [3.05, 3.63) is 101 Å². The summed E-state index contributed by atoms with van der Waals surface area (Å²) in [7, 11) is 0. The highest BCUT2D eigenvalue weighted by Gasteiger charge is 2.08. The van der Waals surface area contributed by atoms with Crippen molar-refractivity contribution in [2.75, 3.05) is 0 Å². The van der Waals surface area contributed by atoms with E-state index in [1.165, 1.54) is 0 Å². The Hall–Kier alpha value is -3.60. The van der Waals surface area contributed by atoms with Gasteiger partial charge >= 0.3 is 0 Å². The van der Waals surface area contributed by atoms with Crippen LogP contribution in [0.25, 0.3) is 5.57 Å². The Morgan fingerprint density at radius 1 is 0.963 bits per heavy atom. The number of benzene rings is 2. The minimum absolute atomic E-state index is 0.0426. The van der Waals surface area contributed by atoms with Gasteiger partial charge in [0.15, 0.2) is 0 Å². The summed E-state index contributed by atoms with van der Waals surface area (Å²) in [6.07, 6.45) is 8.74. The van der Waals surface area contributed by atoms with E-state index in [1.807, 2.05) is 60.7 Å². The minimum atomic E-state index is 0.0426. The summed E-state index contributed by atoms with van der Waals surface area (Å²) < 4.78 is 5.97. The molecule has 0 amide bonds. The van der Waals surface area contributed by atoms with Gasteiger partial charge in [0.2, 0.25) is 0 Å². The quantitative estimate of drug-likeness (QED) is 0.467. The molecule has 0 unspecified atom stereocenters. The van der Waals surface area contributed by atoms with Crippen LogP contribution in [0.1, 0.15) is 28.7 Å². The lowest BCUT2D eigenvalue weighted by atomic mass is 10.00. The van der Waals surface area contributed by atoms with Crippen molar-refractivity contribution in [1.82, 2.24) is 0 Å². The zero-order valence-corrected chi connectivity index (χ0v) is 14.9. The maximum atomic E-state index is 7.62. The third-order valence-corrected chi connectivity index (χ3v) is 4.24. The molecule has 136 valence electrons. The van der Waals surface area contributed by atoms with E-state index in [-0.39, 0.29) is 11.7 Å². The first-order chi connectivity index (χ1) is 13.0. The van der Waals surface area contributed by atoms with Gasteiger partial charge in [-0.05, 0) is 47.4 Å². The molecule has 0 saturated heterocycles. The van der Waals surface area contributed by atoms with Gasteiger partial charge < -0.3 is 16.2 Å². The number of amidine groups is 2. The second-order valence-corrected chi connectivity index (χ2v) is 6.27. The summed E-state index contributed by atoms with van der Waals surface area (Å²) in [4.78, 5) is 0. The molecule has 0 saturated carbocycles. The molecule has 6 N–H and O–H groups in total. The Labute approximate surface area is 158 Å². The van der Waals surface area contributed by atoms with E-state index in [1.54, 1.807) is 6.07 Å². The number of rotatable bonds is 6. The molecule has 0 aliphatic heterocycles. The van der Waals surface area contributed by atoms with E-state index in [0.717, 1.165) is 28.9 Å². The van der Waals surface area contributed by atoms with Gasteiger partial charge in [-0.15, -0.1) is 0 Å². The molecule has 2 aromatic carbocycles. The van der Waals surface area contributed by atoms with E-state index in [0.29, 0.717) is 17.7 Å². The number of nitrogen functional groups attached to an aromatic ring is 2. The van der Waals surface area contributed by atoms with Crippen LogP contribution in [0.4, 0.5) is 0 Å². The zero-order valence-electron chi connectivity index (χ0n) is 14.9. The van der Waals surface area contributed by atoms with Crippen molar-refractivity contribution >= 4 is 17.2 Å². The van der Waals surface area contributed by atoms with E-state index in [9.17, 15) is 0 Å². The molecule has 0 heterocycles. The SMILES string of the molecule is N=C(N)c1cccc(COC2=CC=CCC(c3cccc(C(=N)N)c3)=C2)c1. The molecular formula is C22H22N4O. The second kappa shape index (κ2) is 8.19. The summed E-state index contributed by atoms with van der Waals surface area (Å²) in [6, 6.07) is 15.1. The van der Waals surface area contributed by atoms with Gasteiger partial charge in [-0.3, -0.25) is 10.8 Å². The highest BCUT2D eigenvalue weighted by molar-refractivity contribution is 5.96. The molecule has 1 aliphatic carbocycles. The molecule has 0 spiro atoms. The molecule has 1 aliphatic rings. The maximum Gasteiger partial charge on any atom is 0.122 e. The summed E-state index contributed by atoms with van der Waals surface area (Å²) in [5.41, 5.74) is 15.6. The number of nitrogens with two attached hydrogens (primary N) is 2. The molecule has 0 aromatic heterocycles. The fourth-order valence-corrected chi connectivity index (χ4v) is 2.81. The van der Waals surface area contributed by atoms with Crippen LogP contribution in [-0.2, 0) is 11.3 Å². The van der Waals surface area contributed by atoms with Gasteiger partial charge in [0.1, 0.15) is 24.0 Å². The van der Waals surface area contributed by atoms with Gasteiger partial charge in [-0.1, -0.05) is 48.6 Å². The topological polar surface area (TPSA) is 109 Å². The van der Waals surface area contributed by atoms with E-state index < -0.39 is 0 Å². The average Bonchev–Trinajstić information content (AvgIpc) is 2.92. The summed E-state index contributed by atoms with van der Waals surface area (Å²) in [5, 5.41) is 15.2. The molecule has 5 nitrogen and oxygen atoms in total. The first-order valence-corrected chi connectivity index (χ1v) is 8.61. The Bertz CT molecular complexity index is 970. The molecule has 3 rings (SSSR count). The third-order valence-electron chi connectivity index (χ3n) is 4.24. The number of ether oxygens (including phenoxy) is 1. The third kappa shape index (κ3) is 4.73. The highest BCUT2D eigenvalue weighted by Crippen LogP contribution is 2.25. The summed E-state index contributed by atoms with van der Waals surface area (Å²) in [5.74, 6) is 0.847. The predicted octanol–water partition coefficient (Wildman–Crippen LogP) is 3.70. The van der Waals surface area contributed by atoms with Gasteiger partial charge in [0.25, 0.3) is 0 Å². The van der Waals surface area contributed by atoms with Crippen LogP contribution in [-0.4, -0.2) is 11.7 Å². The maximum absolute atomic E-state index is 7.62. The fourth-order valence-electron chi connectivity index (χ4n) is 2.81. The second-order valence-electron chi connectivity index (χ2n) is 6.27. The van der Waals surface area contributed by atoms with Gasteiger partial charge in [0, 0.05) is 11.1 Å². The van der Waals surface area contributed by atoms with Gasteiger partial charge in [-0.25, -0.2) is 0 Å². The van der Waals surface area contributed by atoms with Crippen molar-refractivity contribution < 1.29 is 4.74 Å². The normalized spacial score (nSPS) is 13.3. The van der Waals surface area contributed by atoms with Crippen molar-refractivity contribution in [1.29, 1.82) is 10.8 Å². The van der Waals surface area contributed by atoms with Gasteiger partial charge in [-0.2, -0.15) is 0 Å². The molecule has 5 heteroatoms. The van der Waals surface area contributed by atoms with Crippen LogP contribution in [0.15, 0.2) is 78.6 Å². The van der Waals surface area contributed by atoms with E-state index >= 15 is 0 Å². The van der Waals surface area contributed by atoms with Crippen molar-refractivity contribution in [3.8, 4) is 0 Å². The number of allylic oxidation sites excluding steroid dienone is 5. The lowest BCUT2D eigenvalue weighted by Crippen LogP contribution is -2.11. The van der Waals surface area contributed by atoms with Crippen molar-refractivity contribution in [2.45, 2.75) is 13.0 Å². The number of nitrogens with one attached hydrogen (secondary N) is 2. The van der Waals surface area contributed by atoms with Crippen LogP contribution >= 0.6 is 0 Å².